The summed E-state index contributed by atoms with van der Waals surface area (Å²) in [6.07, 6.45) is 0. The molecule has 0 bridgehead atoms. The molecule has 8 heteroatoms. The van der Waals surface area contributed by atoms with Gasteiger partial charge in [0.05, 0.1) is 26.2 Å². The van der Waals surface area contributed by atoms with Crippen LogP contribution < -0.4 is 5.32 Å². The molecular formula is C16H12Cl3FN2O2. The summed E-state index contributed by atoms with van der Waals surface area (Å²) in [6, 6.07) is 6.53. The Labute approximate surface area is 153 Å². The van der Waals surface area contributed by atoms with Gasteiger partial charge in [-0.05, 0) is 30.3 Å². The molecule has 24 heavy (non-hydrogen) atoms. The number of anilines is 1. The molecule has 0 aliphatic carbocycles. The van der Waals surface area contributed by atoms with Crippen LogP contribution in [0.3, 0.4) is 0 Å². The van der Waals surface area contributed by atoms with Crippen LogP contribution >= 0.6 is 34.8 Å². The molecule has 4 nitrogen and oxygen atoms in total. The summed E-state index contributed by atoms with van der Waals surface area (Å²) in [5.74, 6) is -1.71. The van der Waals surface area contributed by atoms with Crippen LogP contribution in [-0.4, -0.2) is 30.8 Å². The highest BCUT2D eigenvalue weighted by Gasteiger charge is 2.17. The number of amides is 2. The summed E-state index contributed by atoms with van der Waals surface area (Å²) >= 11 is 17.5. The molecule has 0 radical (unpaired) electrons. The van der Waals surface area contributed by atoms with E-state index >= 15 is 0 Å². The molecule has 2 aromatic rings. The van der Waals surface area contributed by atoms with Gasteiger partial charge in [-0.2, -0.15) is 0 Å². The van der Waals surface area contributed by atoms with Crippen molar-refractivity contribution in [3.8, 4) is 0 Å². The maximum Gasteiger partial charge on any atom is 0.257 e. The van der Waals surface area contributed by atoms with Gasteiger partial charge in [0, 0.05) is 19.8 Å². The van der Waals surface area contributed by atoms with Crippen LogP contribution in [0.2, 0.25) is 15.1 Å². The third kappa shape index (κ3) is 3.98. The van der Waals surface area contributed by atoms with Crippen LogP contribution in [-0.2, 0) is 0 Å². The van der Waals surface area contributed by atoms with E-state index in [4.69, 9.17) is 34.8 Å². The van der Waals surface area contributed by atoms with Crippen LogP contribution in [0.5, 0.6) is 0 Å². The first-order chi connectivity index (χ1) is 11.2. The fourth-order valence-corrected chi connectivity index (χ4v) is 2.57. The van der Waals surface area contributed by atoms with Gasteiger partial charge in [-0.25, -0.2) is 4.39 Å². The highest BCUT2D eigenvalue weighted by atomic mass is 35.5. The van der Waals surface area contributed by atoms with Crippen LogP contribution in [0.15, 0.2) is 30.3 Å². The first-order valence-electron chi connectivity index (χ1n) is 6.67. The number of halogens is 4. The fraction of sp³-hybridized carbons (Fsp3) is 0.125. The molecule has 2 aromatic carbocycles. The van der Waals surface area contributed by atoms with Gasteiger partial charge in [-0.3, -0.25) is 9.59 Å². The molecule has 1 N–H and O–H groups in total. The SMILES string of the molecule is CN(C)C(=O)c1cc(NC(=O)c2cc(F)c(Cl)cc2Cl)ccc1Cl. The van der Waals surface area contributed by atoms with Crippen LogP contribution in [0, 0.1) is 5.82 Å². The highest BCUT2D eigenvalue weighted by Crippen LogP contribution is 2.26. The number of rotatable bonds is 3. The van der Waals surface area contributed by atoms with E-state index in [9.17, 15) is 14.0 Å². The van der Waals surface area contributed by atoms with E-state index in [0.29, 0.717) is 5.69 Å². The van der Waals surface area contributed by atoms with Gasteiger partial charge in [0.25, 0.3) is 11.8 Å². The molecular weight excluding hydrogens is 378 g/mol. The maximum atomic E-state index is 13.5. The van der Waals surface area contributed by atoms with Crippen molar-refractivity contribution < 1.29 is 14.0 Å². The summed E-state index contributed by atoms with van der Waals surface area (Å²) < 4.78 is 13.5. The number of benzene rings is 2. The topological polar surface area (TPSA) is 49.4 Å². The fourth-order valence-electron chi connectivity index (χ4n) is 1.90. The molecule has 2 rings (SSSR count). The Morgan fingerprint density at radius 1 is 0.958 bits per heavy atom. The summed E-state index contributed by atoms with van der Waals surface area (Å²) in [6.45, 7) is 0. The Kier molecular flexibility index (Phi) is 5.70. The van der Waals surface area contributed by atoms with Gasteiger partial charge in [-0.15, -0.1) is 0 Å². The Hall–Kier alpha value is -1.82. The molecule has 126 valence electrons. The van der Waals surface area contributed by atoms with Crippen molar-refractivity contribution in [3.63, 3.8) is 0 Å². The highest BCUT2D eigenvalue weighted by molar-refractivity contribution is 6.37. The van der Waals surface area contributed by atoms with E-state index in [-0.39, 0.29) is 32.1 Å². The smallest absolute Gasteiger partial charge is 0.257 e. The lowest BCUT2D eigenvalue weighted by molar-refractivity contribution is 0.0827. The lowest BCUT2D eigenvalue weighted by Crippen LogP contribution is -2.22. The summed E-state index contributed by atoms with van der Waals surface area (Å²) in [4.78, 5) is 25.7. The second-order valence-corrected chi connectivity index (χ2v) is 6.32. The van der Waals surface area contributed by atoms with E-state index in [1.165, 1.54) is 23.1 Å². The number of carbonyl (C=O) groups excluding carboxylic acids is 2. The third-order valence-electron chi connectivity index (χ3n) is 3.12. The van der Waals surface area contributed by atoms with Gasteiger partial charge in [0.2, 0.25) is 0 Å². The van der Waals surface area contributed by atoms with Crippen molar-refractivity contribution in [2.24, 2.45) is 0 Å². The second-order valence-electron chi connectivity index (χ2n) is 5.09. The minimum atomic E-state index is -0.759. The van der Waals surface area contributed by atoms with Crippen LogP contribution in [0.1, 0.15) is 20.7 Å². The predicted molar refractivity (Wildman–Crippen MR) is 93.8 cm³/mol. The van der Waals surface area contributed by atoms with Gasteiger partial charge >= 0.3 is 0 Å². The normalized spacial score (nSPS) is 10.4. The molecule has 0 aliphatic rings. The zero-order chi connectivity index (χ0) is 18.0. The Morgan fingerprint density at radius 2 is 1.62 bits per heavy atom. The number of carbonyl (C=O) groups is 2. The molecule has 0 spiro atoms. The van der Waals surface area contributed by atoms with Crippen molar-refractivity contribution >= 4 is 52.3 Å². The maximum absolute atomic E-state index is 13.5. The van der Waals surface area contributed by atoms with Crippen molar-refractivity contribution in [1.82, 2.24) is 4.90 Å². The number of nitrogens with zero attached hydrogens (tertiary/aromatic N) is 1. The second kappa shape index (κ2) is 7.38. The molecule has 0 saturated carbocycles. The Bertz CT molecular complexity index is 825. The lowest BCUT2D eigenvalue weighted by Gasteiger charge is -2.13. The Morgan fingerprint density at radius 3 is 2.25 bits per heavy atom. The minimum Gasteiger partial charge on any atom is -0.345 e. The monoisotopic (exact) mass is 388 g/mol. The molecule has 2 amide bonds. The lowest BCUT2D eigenvalue weighted by atomic mass is 10.1. The van der Waals surface area contributed by atoms with Crippen LogP contribution in [0.25, 0.3) is 0 Å². The molecule has 0 aromatic heterocycles. The number of hydrogen-bond acceptors (Lipinski definition) is 2. The van der Waals surface area contributed by atoms with E-state index in [2.05, 4.69) is 5.32 Å². The third-order valence-corrected chi connectivity index (χ3v) is 4.05. The first-order valence-corrected chi connectivity index (χ1v) is 7.81. The molecule has 0 aliphatic heterocycles. The van der Waals surface area contributed by atoms with Gasteiger partial charge in [-0.1, -0.05) is 34.8 Å². The average Bonchev–Trinajstić information content (AvgIpc) is 2.51. The van der Waals surface area contributed by atoms with E-state index in [1.807, 2.05) is 0 Å². The summed E-state index contributed by atoms with van der Waals surface area (Å²) in [7, 11) is 3.17. The average molecular weight is 390 g/mol. The molecule has 0 unspecified atom stereocenters. The van der Waals surface area contributed by atoms with Gasteiger partial charge in [0.1, 0.15) is 5.82 Å². The van der Waals surface area contributed by atoms with E-state index < -0.39 is 11.7 Å². The standard InChI is InChI=1S/C16H12Cl3FN2O2/c1-22(2)16(24)10-5-8(3-4-11(10)17)21-15(23)9-6-14(20)13(19)7-12(9)18/h3-7H,1-2H3,(H,21,23). The predicted octanol–water partition coefficient (Wildman–Crippen LogP) is 4.74. The molecule has 0 atom stereocenters. The number of hydrogen-bond donors (Lipinski definition) is 1. The summed E-state index contributed by atoms with van der Waals surface area (Å²) in [5, 5.41) is 2.63. The zero-order valence-electron chi connectivity index (χ0n) is 12.7. The van der Waals surface area contributed by atoms with Crippen molar-refractivity contribution in [3.05, 3.63) is 62.3 Å². The van der Waals surface area contributed by atoms with Crippen molar-refractivity contribution in [1.29, 1.82) is 0 Å². The zero-order valence-corrected chi connectivity index (χ0v) is 14.9. The quantitative estimate of drug-likeness (QED) is 0.771. The molecule has 0 saturated heterocycles. The van der Waals surface area contributed by atoms with Crippen molar-refractivity contribution in [2.75, 3.05) is 19.4 Å². The van der Waals surface area contributed by atoms with E-state index in [0.717, 1.165) is 12.1 Å². The molecule has 0 heterocycles. The molecule has 0 fully saturated rings. The number of nitrogens with one attached hydrogen (secondary N) is 1. The summed E-state index contributed by atoms with van der Waals surface area (Å²) in [5.41, 5.74) is 0.475. The minimum absolute atomic E-state index is 0.0115. The Balaban J connectivity index is 2.32. The first kappa shape index (κ1) is 18.5. The van der Waals surface area contributed by atoms with Crippen molar-refractivity contribution in [2.45, 2.75) is 0 Å². The van der Waals surface area contributed by atoms with Gasteiger partial charge < -0.3 is 10.2 Å². The van der Waals surface area contributed by atoms with Gasteiger partial charge in [0.15, 0.2) is 0 Å². The van der Waals surface area contributed by atoms with E-state index in [1.54, 1.807) is 14.1 Å². The largest absolute Gasteiger partial charge is 0.345 e. The van der Waals surface area contributed by atoms with Crippen LogP contribution in [0.4, 0.5) is 10.1 Å².